The van der Waals surface area contributed by atoms with Crippen LogP contribution >= 0.6 is 12.2 Å². The SMILES string of the molecule is O=[N+]([O-])c1ccccc1NC(=S)Nc1ccc(Nc2ccccc2)cc1. The summed E-state index contributed by atoms with van der Waals surface area (Å²) in [5.41, 5.74) is 3.04. The molecule has 0 fully saturated rings. The fourth-order valence-electron chi connectivity index (χ4n) is 2.35. The van der Waals surface area contributed by atoms with Gasteiger partial charge >= 0.3 is 0 Å². The second-order valence-electron chi connectivity index (χ2n) is 5.42. The van der Waals surface area contributed by atoms with E-state index in [9.17, 15) is 10.1 Å². The number of nitrogens with zero attached hydrogens (tertiary/aromatic N) is 1. The van der Waals surface area contributed by atoms with Gasteiger partial charge in [-0.25, -0.2) is 0 Å². The van der Waals surface area contributed by atoms with E-state index < -0.39 is 4.92 Å². The van der Waals surface area contributed by atoms with Crippen LogP contribution in [0.15, 0.2) is 78.9 Å². The van der Waals surface area contributed by atoms with Crippen LogP contribution in [-0.2, 0) is 0 Å². The van der Waals surface area contributed by atoms with Gasteiger partial charge in [0.05, 0.1) is 4.92 Å². The molecule has 0 spiro atoms. The molecule has 26 heavy (non-hydrogen) atoms. The molecular weight excluding hydrogens is 348 g/mol. The highest BCUT2D eigenvalue weighted by Gasteiger charge is 2.13. The second-order valence-corrected chi connectivity index (χ2v) is 5.83. The molecule has 0 unspecified atom stereocenters. The van der Waals surface area contributed by atoms with Gasteiger partial charge in [0.15, 0.2) is 5.11 Å². The summed E-state index contributed by atoms with van der Waals surface area (Å²) in [5, 5.41) is 20.5. The molecule has 3 rings (SSSR count). The molecule has 3 aromatic rings. The van der Waals surface area contributed by atoms with Crippen molar-refractivity contribution in [3.63, 3.8) is 0 Å². The van der Waals surface area contributed by atoms with E-state index in [-0.39, 0.29) is 10.8 Å². The number of rotatable bonds is 5. The highest BCUT2D eigenvalue weighted by Crippen LogP contribution is 2.24. The van der Waals surface area contributed by atoms with E-state index in [1.807, 2.05) is 54.6 Å². The number of thiocarbonyl (C=S) groups is 1. The molecule has 3 aromatic carbocycles. The van der Waals surface area contributed by atoms with Crippen LogP contribution < -0.4 is 16.0 Å². The molecule has 7 heteroatoms. The largest absolute Gasteiger partial charge is 0.356 e. The molecule has 0 aliphatic rings. The zero-order valence-corrected chi connectivity index (χ0v) is 14.5. The van der Waals surface area contributed by atoms with E-state index in [4.69, 9.17) is 12.2 Å². The first-order chi connectivity index (χ1) is 12.6. The zero-order chi connectivity index (χ0) is 18.4. The summed E-state index contributed by atoms with van der Waals surface area (Å²) in [6.07, 6.45) is 0. The third-order valence-electron chi connectivity index (χ3n) is 3.55. The molecule has 0 aliphatic heterocycles. The molecule has 3 N–H and O–H groups in total. The van der Waals surface area contributed by atoms with E-state index in [2.05, 4.69) is 16.0 Å². The average molecular weight is 364 g/mol. The molecule has 0 aromatic heterocycles. The molecule has 0 heterocycles. The standard InChI is InChI=1S/C19H16N4O2S/c24-23(25)18-9-5-4-8-17(18)22-19(26)21-16-12-10-15(11-13-16)20-14-6-2-1-3-7-14/h1-13,20H,(H2,21,22,26). The molecule has 0 amide bonds. The number of benzene rings is 3. The lowest BCUT2D eigenvalue weighted by Crippen LogP contribution is -2.19. The number of nitro groups is 1. The number of nitrogens with one attached hydrogen (secondary N) is 3. The van der Waals surface area contributed by atoms with Gasteiger partial charge in [-0.05, 0) is 54.7 Å². The summed E-state index contributed by atoms with van der Waals surface area (Å²) in [4.78, 5) is 10.6. The van der Waals surface area contributed by atoms with Gasteiger partial charge in [-0.15, -0.1) is 0 Å². The van der Waals surface area contributed by atoms with Gasteiger partial charge in [-0.3, -0.25) is 10.1 Å². The minimum Gasteiger partial charge on any atom is -0.356 e. The van der Waals surface area contributed by atoms with Crippen LogP contribution in [0.2, 0.25) is 0 Å². The molecule has 0 aliphatic carbocycles. The summed E-state index contributed by atoms with van der Waals surface area (Å²) >= 11 is 5.24. The van der Waals surface area contributed by atoms with E-state index in [0.717, 1.165) is 17.1 Å². The third-order valence-corrected chi connectivity index (χ3v) is 3.76. The van der Waals surface area contributed by atoms with Gasteiger partial charge in [-0.1, -0.05) is 30.3 Å². The third kappa shape index (κ3) is 4.55. The first-order valence-corrected chi connectivity index (χ1v) is 8.26. The van der Waals surface area contributed by atoms with Crippen LogP contribution in [-0.4, -0.2) is 10.0 Å². The van der Waals surface area contributed by atoms with Gasteiger partial charge < -0.3 is 16.0 Å². The van der Waals surface area contributed by atoms with Crippen LogP contribution in [0, 0.1) is 10.1 Å². The van der Waals surface area contributed by atoms with Crippen LogP contribution in [0.1, 0.15) is 0 Å². The Morgan fingerprint density at radius 1 is 0.769 bits per heavy atom. The predicted molar refractivity (Wildman–Crippen MR) is 109 cm³/mol. The van der Waals surface area contributed by atoms with Crippen LogP contribution in [0.5, 0.6) is 0 Å². The first kappa shape index (κ1) is 17.4. The number of hydrogen-bond acceptors (Lipinski definition) is 4. The highest BCUT2D eigenvalue weighted by molar-refractivity contribution is 7.80. The van der Waals surface area contributed by atoms with Crippen molar-refractivity contribution in [2.24, 2.45) is 0 Å². The Labute approximate surface area is 156 Å². The fourth-order valence-corrected chi connectivity index (χ4v) is 2.58. The molecule has 130 valence electrons. The molecule has 0 bridgehead atoms. The Balaban J connectivity index is 1.62. The van der Waals surface area contributed by atoms with Gasteiger partial charge in [0.2, 0.25) is 0 Å². The minimum atomic E-state index is -0.449. The summed E-state index contributed by atoms with van der Waals surface area (Å²) in [5.74, 6) is 0. The van der Waals surface area contributed by atoms with Crippen molar-refractivity contribution in [3.8, 4) is 0 Å². The lowest BCUT2D eigenvalue weighted by molar-refractivity contribution is -0.383. The maximum atomic E-state index is 11.0. The predicted octanol–water partition coefficient (Wildman–Crippen LogP) is 5.15. The number of nitro benzene ring substituents is 1. The van der Waals surface area contributed by atoms with Crippen molar-refractivity contribution >= 4 is 45.8 Å². The van der Waals surface area contributed by atoms with Gasteiger partial charge in [0.25, 0.3) is 5.69 Å². The van der Waals surface area contributed by atoms with Gasteiger partial charge in [0, 0.05) is 23.1 Å². The Kier molecular flexibility index (Phi) is 5.40. The smallest absolute Gasteiger partial charge is 0.292 e. The van der Waals surface area contributed by atoms with Crippen LogP contribution in [0.25, 0.3) is 0 Å². The van der Waals surface area contributed by atoms with E-state index in [0.29, 0.717) is 5.69 Å². The Bertz CT molecular complexity index is 914. The summed E-state index contributed by atoms with van der Waals surface area (Å²) in [7, 11) is 0. The summed E-state index contributed by atoms with van der Waals surface area (Å²) < 4.78 is 0. The van der Waals surface area contributed by atoms with E-state index in [1.54, 1.807) is 18.2 Å². The molecule has 0 saturated heterocycles. The molecular formula is C19H16N4O2S. The van der Waals surface area contributed by atoms with Crippen molar-refractivity contribution < 1.29 is 4.92 Å². The number of anilines is 4. The lowest BCUT2D eigenvalue weighted by atomic mass is 10.2. The Morgan fingerprint density at radius 3 is 2.04 bits per heavy atom. The van der Waals surface area contributed by atoms with Crippen molar-refractivity contribution in [2.45, 2.75) is 0 Å². The first-order valence-electron chi connectivity index (χ1n) is 7.85. The summed E-state index contributed by atoms with van der Waals surface area (Å²) in [6, 6.07) is 23.8. The van der Waals surface area contributed by atoms with Crippen molar-refractivity contribution in [1.29, 1.82) is 0 Å². The number of para-hydroxylation sites is 3. The molecule has 0 atom stereocenters. The topological polar surface area (TPSA) is 79.2 Å². The van der Waals surface area contributed by atoms with Crippen LogP contribution in [0.4, 0.5) is 28.4 Å². The van der Waals surface area contributed by atoms with E-state index in [1.165, 1.54) is 6.07 Å². The maximum absolute atomic E-state index is 11.0. The van der Waals surface area contributed by atoms with Gasteiger partial charge in [0.1, 0.15) is 5.69 Å². The lowest BCUT2D eigenvalue weighted by Gasteiger charge is -2.12. The van der Waals surface area contributed by atoms with E-state index >= 15 is 0 Å². The normalized spacial score (nSPS) is 10.0. The van der Waals surface area contributed by atoms with Crippen molar-refractivity contribution in [3.05, 3.63) is 89.0 Å². The quantitative estimate of drug-likeness (QED) is 0.330. The number of hydrogen-bond donors (Lipinski definition) is 3. The molecule has 6 nitrogen and oxygen atoms in total. The highest BCUT2D eigenvalue weighted by atomic mass is 32.1. The summed E-state index contributed by atoms with van der Waals surface area (Å²) in [6.45, 7) is 0. The van der Waals surface area contributed by atoms with Crippen molar-refractivity contribution in [2.75, 3.05) is 16.0 Å². The zero-order valence-electron chi connectivity index (χ0n) is 13.7. The maximum Gasteiger partial charge on any atom is 0.292 e. The minimum absolute atomic E-state index is 0.0286. The molecule has 0 saturated carbocycles. The second kappa shape index (κ2) is 8.09. The Morgan fingerprint density at radius 2 is 1.35 bits per heavy atom. The molecule has 0 radical (unpaired) electrons. The average Bonchev–Trinajstić information content (AvgIpc) is 2.64. The van der Waals surface area contributed by atoms with Crippen LogP contribution in [0.3, 0.4) is 0 Å². The fraction of sp³-hybridized carbons (Fsp3) is 0. The van der Waals surface area contributed by atoms with Crippen molar-refractivity contribution in [1.82, 2.24) is 0 Å². The van der Waals surface area contributed by atoms with Gasteiger partial charge in [-0.2, -0.15) is 0 Å². The Hall–Kier alpha value is -3.45. The monoisotopic (exact) mass is 364 g/mol.